The molecule has 0 spiro atoms. The molecule has 0 amide bonds. The Labute approximate surface area is 80.5 Å². The van der Waals surface area contributed by atoms with E-state index in [1.807, 2.05) is 0 Å². The Morgan fingerprint density at radius 3 is 0.900 bits per heavy atom. The third-order valence-corrected chi connectivity index (χ3v) is 0. The summed E-state index contributed by atoms with van der Waals surface area (Å²) in [7, 11) is 0. The summed E-state index contributed by atoms with van der Waals surface area (Å²) in [6.07, 6.45) is 0. The average Bonchev–Trinajstić information content (AvgIpc) is 1.25. The van der Waals surface area contributed by atoms with Gasteiger partial charge in [-0.25, -0.2) is 0 Å². The quantitative estimate of drug-likeness (QED) is 0.359. The summed E-state index contributed by atoms with van der Waals surface area (Å²) < 4.78 is 0. The zero-order chi connectivity index (χ0) is 7.15. The fourth-order valence-electron chi connectivity index (χ4n) is 0. The molecule has 0 heterocycles. The Morgan fingerprint density at radius 2 is 0.900 bits per heavy atom. The van der Waals surface area contributed by atoms with E-state index in [1.165, 1.54) is 0 Å². The van der Waals surface area contributed by atoms with Crippen LogP contribution in [0.25, 0.3) is 0 Å². The van der Waals surface area contributed by atoms with E-state index in [9.17, 15) is 0 Å². The molecule has 0 saturated heterocycles. The number of hydrogen-bond donors (Lipinski definition) is 0. The maximum Gasteiger partial charge on any atom is 3.00 e. The van der Waals surface area contributed by atoms with Crippen molar-refractivity contribution in [1.82, 2.24) is 0 Å². The molecule has 0 rings (SSSR count). The van der Waals surface area contributed by atoms with Crippen LogP contribution >= 0.6 is 0 Å². The number of hydrogen-bond acceptors (Lipinski definition) is 4. The molecule has 4 nitrogen and oxygen atoms in total. The van der Waals surface area contributed by atoms with Crippen LogP contribution in [0, 0.1) is 0 Å². The van der Waals surface area contributed by atoms with Crippen molar-refractivity contribution in [3.63, 3.8) is 0 Å². The van der Waals surface area contributed by atoms with E-state index in [0.717, 1.165) is 13.8 Å². The topological polar surface area (TPSA) is 80.3 Å². The fraction of sp³-hybridized carbons (Fsp3) is 0.500. The molecule has 0 aliphatic heterocycles. The first-order valence-corrected chi connectivity index (χ1v) is 1.82. The second-order valence-corrected chi connectivity index (χ2v) is 0.983. The van der Waals surface area contributed by atoms with Gasteiger partial charge in [0, 0.05) is 11.9 Å². The molecule has 0 atom stereocenters. The molecule has 0 N–H and O–H groups in total. The van der Waals surface area contributed by atoms with Gasteiger partial charge in [0.2, 0.25) is 0 Å². The van der Waals surface area contributed by atoms with Gasteiger partial charge in [0.05, 0.1) is 0 Å². The van der Waals surface area contributed by atoms with Crippen LogP contribution in [0.2, 0.25) is 0 Å². The van der Waals surface area contributed by atoms with Crippen molar-refractivity contribution >= 4 is 46.7 Å². The van der Waals surface area contributed by atoms with Crippen LogP contribution in [0.4, 0.5) is 0 Å². The van der Waals surface area contributed by atoms with Gasteiger partial charge in [-0.3, -0.25) is 0 Å². The molecular formula is C4H6Al2O4+4. The molecule has 0 aromatic carbocycles. The number of carboxylic acid groups (broad SMARTS) is 2. The molecule has 0 aromatic rings. The van der Waals surface area contributed by atoms with Crippen molar-refractivity contribution in [1.29, 1.82) is 0 Å². The van der Waals surface area contributed by atoms with Gasteiger partial charge < -0.3 is 19.8 Å². The van der Waals surface area contributed by atoms with Crippen LogP contribution in [0.5, 0.6) is 0 Å². The summed E-state index contributed by atoms with van der Waals surface area (Å²) in [5.74, 6) is -2.17. The van der Waals surface area contributed by atoms with Crippen molar-refractivity contribution < 1.29 is 19.8 Å². The monoisotopic (exact) mass is 172 g/mol. The summed E-state index contributed by atoms with van der Waals surface area (Å²) in [5.41, 5.74) is 0. The molecule has 10 heavy (non-hydrogen) atoms. The van der Waals surface area contributed by atoms with E-state index in [2.05, 4.69) is 0 Å². The smallest absolute Gasteiger partial charge is 0.550 e. The second kappa shape index (κ2) is 16.0. The van der Waals surface area contributed by atoms with Crippen LogP contribution in [0.3, 0.4) is 0 Å². The van der Waals surface area contributed by atoms with E-state index in [4.69, 9.17) is 19.8 Å². The maximum atomic E-state index is 8.89. The first kappa shape index (κ1) is 22.5. The fourth-order valence-corrected chi connectivity index (χ4v) is 0. The number of carbonyl (C=O) groups excluding carboxylic acids is 2. The van der Waals surface area contributed by atoms with Crippen molar-refractivity contribution in [3.8, 4) is 0 Å². The Hall–Kier alpha value is 0.00494. The third-order valence-electron chi connectivity index (χ3n) is 0. The minimum Gasteiger partial charge on any atom is -0.550 e. The zero-order valence-corrected chi connectivity index (χ0v) is 8.10. The third kappa shape index (κ3) is 16100000. The van der Waals surface area contributed by atoms with Gasteiger partial charge in [-0.1, -0.05) is 0 Å². The summed E-state index contributed by atoms with van der Waals surface area (Å²) in [5, 5.41) is 17.8. The normalized spacial score (nSPS) is 5.00. The average molecular weight is 172 g/mol. The summed E-state index contributed by atoms with van der Waals surface area (Å²) in [6.45, 7) is 1.94. The molecular weight excluding hydrogens is 166 g/mol. The molecule has 0 fully saturated rings. The molecule has 0 aromatic heterocycles. The molecule has 6 heteroatoms. The molecule has 0 aliphatic carbocycles. The van der Waals surface area contributed by atoms with E-state index in [1.54, 1.807) is 0 Å². The predicted octanol–water partition coefficient (Wildman–Crippen LogP) is -3.25. The van der Waals surface area contributed by atoms with Crippen LogP contribution in [-0.4, -0.2) is 46.7 Å². The first-order valence-electron chi connectivity index (χ1n) is 1.82. The standard InChI is InChI=1S/2C2H4O2.2Al/c2*1-2(3)4;;/h2*1H3,(H,3,4);;/q;;2*+3/p-2. The van der Waals surface area contributed by atoms with Gasteiger partial charge in [0.1, 0.15) is 0 Å². The summed E-state index contributed by atoms with van der Waals surface area (Å²) >= 11 is 0. The molecule has 0 radical (unpaired) electrons. The van der Waals surface area contributed by atoms with Crippen LogP contribution in [0.1, 0.15) is 13.8 Å². The van der Waals surface area contributed by atoms with E-state index in [-0.39, 0.29) is 34.7 Å². The SMILES string of the molecule is CC(=O)[O-].CC(=O)[O-].[Al+3].[Al+3]. The van der Waals surface area contributed by atoms with Crippen molar-refractivity contribution in [3.05, 3.63) is 0 Å². The minimum atomic E-state index is -1.08. The number of aliphatic carboxylic acids is 2. The largest absolute Gasteiger partial charge is 3.00 e. The maximum absolute atomic E-state index is 8.89. The van der Waals surface area contributed by atoms with Crippen molar-refractivity contribution in [2.45, 2.75) is 13.8 Å². The number of carbonyl (C=O) groups is 2. The minimum absolute atomic E-state index is 0. The van der Waals surface area contributed by atoms with Gasteiger partial charge in [0.25, 0.3) is 0 Å². The van der Waals surface area contributed by atoms with Crippen LogP contribution in [-0.2, 0) is 9.59 Å². The van der Waals surface area contributed by atoms with Crippen molar-refractivity contribution in [2.24, 2.45) is 0 Å². The first-order chi connectivity index (χ1) is 3.46. The summed E-state index contributed by atoms with van der Waals surface area (Å²) in [6, 6.07) is 0. The number of rotatable bonds is 0. The molecule has 0 saturated carbocycles. The van der Waals surface area contributed by atoms with Gasteiger partial charge >= 0.3 is 34.7 Å². The zero-order valence-electron chi connectivity index (χ0n) is 5.79. The summed E-state index contributed by atoms with van der Waals surface area (Å²) in [4.78, 5) is 17.8. The molecule has 48 valence electrons. The van der Waals surface area contributed by atoms with E-state index in [0.29, 0.717) is 0 Å². The van der Waals surface area contributed by atoms with Crippen LogP contribution < -0.4 is 10.2 Å². The molecule has 0 bridgehead atoms. The Bertz CT molecular complexity index is 73.3. The molecule has 0 unspecified atom stereocenters. The van der Waals surface area contributed by atoms with Crippen molar-refractivity contribution in [2.75, 3.05) is 0 Å². The van der Waals surface area contributed by atoms with Gasteiger partial charge in [0.15, 0.2) is 0 Å². The van der Waals surface area contributed by atoms with Gasteiger partial charge in [-0.05, 0) is 13.8 Å². The Kier molecular flexibility index (Phi) is 36.0. The van der Waals surface area contributed by atoms with Gasteiger partial charge in [-0.2, -0.15) is 0 Å². The second-order valence-electron chi connectivity index (χ2n) is 0.983. The van der Waals surface area contributed by atoms with E-state index >= 15 is 0 Å². The predicted molar refractivity (Wildman–Crippen MR) is 32.9 cm³/mol. The van der Waals surface area contributed by atoms with Gasteiger partial charge in [-0.15, -0.1) is 0 Å². The molecule has 0 aliphatic rings. The van der Waals surface area contributed by atoms with E-state index < -0.39 is 11.9 Å². The van der Waals surface area contributed by atoms with Crippen LogP contribution in [0.15, 0.2) is 0 Å². The Balaban J connectivity index is -0.0000000300. The Morgan fingerprint density at radius 1 is 0.900 bits per heavy atom. The number of carboxylic acids is 2.